The fourth-order valence-corrected chi connectivity index (χ4v) is 2.31. The second-order valence-electron chi connectivity index (χ2n) is 3.99. The largest absolute Gasteiger partial charge is 0.368 e. The molecule has 3 aromatic rings. The first-order valence-corrected chi connectivity index (χ1v) is 6.89. The van der Waals surface area contributed by atoms with Crippen LogP contribution in [0.2, 0.25) is 0 Å². The summed E-state index contributed by atoms with van der Waals surface area (Å²) in [6, 6.07) is 7.94. The lowest BCUT2D eigenvalue weighted by atomic mass is 10.2. The number of hydrogen-bond donors (Lipinski definition) is 1. The van der Waals surface area contributed by atoms with Gasteiger partial charge in [-0.25, -0.2) is 4.98 Å². The third-order valence-electron chi connectivity index (χ3n) is 2.78. The van der Waals surface area contributed by atoms with Crippen molar-refractivity contribution in [3.8, 4) is 11.5 Å². The molecule has 2 N–H and O–H groups in total. The number of hydrogen-bond acceptors (Lipinski definition) is 6. The minimum atomic E-state index is 0.212. The summed E-state index contributed by atoms with van der Waals surface area (Å²) in [5, 5.41) is 6.07. The molecule has 0 amide bonds. The van der Waals surface area contributed by atoms with E-state index in [1.165, 1.54) is 11.8 Å². The van der Waals surface area contributed by atoms with Gasteiger partial charge < -0.3 is 5.73 Å². The molecule has 96 valence electrons. The molecule has 0 radical (unpaired) electrons. The lowest BCUT2D eigenvalue weighted by molar-refractivity contribution is 0.794. The monoisotopic (exact) mass is 272 g/mol. The highest BCUT2D eigenvalue weighted by Crippen LogP contribution is 2.26. The maximum atomic E-state index is 5.71. The first-order valence-electron chi connectivity index (χ1n) is 5.66. The zero-order chi connectivity index (χ0) is 13.4. The Hall–Kier alpha value is -2.15. The van der Waals surface area contributed by atoms with Gasteiger partial charge in [0.25, 0.3) is 0 Å². The van der Waals surface area contributed by atoms with E-state index in [9.17, 15) is 0 Å². The number of para-hydroxylation sites is 1. The highest BCUT2D eigenvalue weighted by Gasteiger charge is 2.14. The molecule has 0 aliphatic rings. The van der Waals surface area contributed by atoms with Crippen molar-refractivity contribution in [3.63, 3.8) is 0 Å². The van der Waals surface area contributed by atoms with E-state index in [0.29, 0.717) is 11.0 Å². The van der Waals surface area contributed by atoms with Gasteiger partial charge in [0.1, 0.15) is 5.69 Å². The van der Waals surface area contributed by atoms with Crippen LogP contribution in [0.3, 0.4) is 0 Å². The van der Waals surface area contributed by atoms with Crippen molar-refractivity contribution in [1.29, 1.82) is 0 Å². The van der Waals surface area contributed by atoms with Gasteiger partial charge in [-0.2, -0.15) is 15.1 Å². The molecule has 1 aromatic carbocycles. The maximum absolute atomic E-state index is 5.71. The quantitative estimate of drug-likeness (QED) is 0.715. The molecule has 6 nitrogen and oxygen atoms in total. The molecule has 0 atom stereocenters. The normalized spacial score (nSPS) is 11.1. The topological polar surface area (TPSA) is 82.5 Å². The zero-order valence-electron chi connectivity index (χ0n) is 10.5. The number of benzene rings is 1. The van der Waals surface area contributed by atoms with Crippen LogP contribution in [-0.2, 0) is 7.05 Å². The van der Waals surface area contributed by atoms with E-state index in [0.717, 1.165) is 16.6 Å². The predicted octanol–water partition coefficient (Wildman–Crippen LogP) is 1.73. The van der Waals surface area contributed by atoms with Crippen LogP contribution >= 0.6 is 11.8 Å². The van der Waals surface area contributed by atoms with Gasteiger partial charge in [0.2, 0.25) is 5.95 Å². The van der Waals surface area contributed by atoms with Crippen molar-refractivity contribution in [2.24, 2.45) is 7.05 Å². The second-order valence-corrected chi connectivity index (χ2v) is 4.77. The number of thioether (sulfide) groups is 1. The highest BCUT2D eigenvalue weighted by atomic mass is 32.2. The molecule has 0 fully saturated rings. The average Bonchev–Trinajstić information content (AvgIpc) is 2.76. The standard InChI is InChI=1S/C12H12N6S/c1-18-8-6-4-3-5-7(8)9(17-18)10-14-11(13)16-12(15-10)19-2/h3-6H,1-2H3,(H2,13,14,15,16). The lowest BCUT2D eigenvalue weighted by Crippen LogP contribution is -2.02. The van der Waals surface area contributed by atoms with Gasteiger partial charge in [0.05, 0.1) is 5.52 Å². The van der Waals surface area contributed by atoms with Crippen molar-refractivity contribution < 1.29 is 0 Å². The first-order chi connectivity index (χ1) is 9.19. The highest BCUT2D eigenvalue weighted by molar-refractivity contribution is 7.98. The fourth-order valence-electron chi connectivity index (χ4n) is 1.95. The first kappa shape index (κ1) is 11.9. The zero-order valence-corrected chi connectivity index (χ0v) is 11.3. The molecule has 19 heavy (non-hydrogen) atoms. The number of anilines is 1. The SMILES string of the molecule is CSc1nc(N)nc(-c2nn(C)c3ccccc23)n1. The Kier molecular flexibility index (Phi) is 2.83. The summed E-state index contributed by atoms with van der Waals surface area (Å²) in [6.45, 7) is 0. The van der Waals surface area contributed by atoms with Gasteiger partial charge in [-0.3, -0.25) is 4.68 Å². The molecular formula is C12H12N6S. The molecular weight excluding hydrogens is 260 g/mol. The number of aryl methyl sites for hydroxylation is 1. The van der Waals surface area contributed by atoms with Crippen LogP contribution in [0.25, 0.3) is 22.4 Å². The molecule has 3 rings (SSSR count). The van der Waals surface area contributed by atoms with Crippen molar-refractivity contribution in [3.05, 3.63) is 24.3 Å². The van der Waals surface area contributed by atoms with E-state index in [1.54, 1.807) is 0 Å². The van der Waals surface area contributed by atoms with Crippen LogP contribution in [0.15, 0.2) is 29.4 Å². The number of nitrogens with zero attached hydrogens (tertiary/aromatic N) is 5. The van der Waals surface area contributed by atoms with Crippen molar-refractivity contribution in [2.75, 3.05) is 12.0 Å². The summed E-state index contributed by atoms with van der Waals surface area (Å²) in [5.74, 6) is 0.720. The lowest BCUT2D eigenvalue weighted by Gasteiger charge is -2.00. The third kappa shape index (κ3) is 2.01. The molecule has 7 heteroatoms. The minimum Gasteiger partial charge on any atom is -0.368 e. The van der Waals surface area contributed by atoms with Gasteiger partial charge >= 0.3 is 0 Å². The van der Waals surface area contributed by atoms with Crippen LogP contribution in [-0.4, -0.2) is 31.0 Å². The van der Waals surface area contributed by atoms with Gasteiger partial charge in [-0.15, -0.1) is 0 Å². The Morgan fingerprint density at radius 3 is 2.74 bits per heavy atom. The minimum absolute atomic E-state index is 0.212. The number of aromatic nitrogens is 5. The van der Waals surface area contributed by atoms with Crippen molar-refractivity contribution in [1.82, 2.24) is 24.7 Å². The molecule has 0 aliphatic heterocycles. The summed E-state index contributed by atoms with van der Waals surface area (Å²) < 4.78 is 1.81. The van der Waals surface area contributed by atoms with E-state index in [-0.39, 0.29) is 5.95 Å². The fraction of sp³-hybridized carbons (Fsp3) is 0.167. The van der Waals surface area contributed by atoms with Gasteiger partial charge in [0, 0.05) is 12.4 Å². The molecule has 0 bridgehead atoms. The smallest absolute Gasteiger partial charge is 0.224 e. The average molecular weight is 272 g/mol. The Morgan fingerprint density at radius 2 is 1.95 bits per heavy atom. The summed E-state index contributed by atoms with van der Waals surface area (Å²) in [5.41, 5.74) is 7.47. The summed E-state index contributed by atoms with van der Waals surface area (Å²) in [6.07, 6.45) is 1.90. The van der Waals surface area contributed by atoms with Gasteiger partial charge in [-0.05, 0) is 12.3 Å². The Morgan fingerprint density at radius 1 is 1.16 bits per heavy atom. The van der Waals surface area contributed by atoms with Crippen molar-refractivity contribution >= 4 is 28.6 Å². The predicted molar refractivity (Wildman–Crippen MR) is 75.7 cm³/mol. The number of nitrogen functional groups attached to an aromatic ring is 1. The third-order valence-corrected chi connectivity index (χ3v) is 3.33. The van der Waals surface area contributed by atoms with Crippen LogP contribution in [0.1, 0.15) is 0 Å². The van der Waals surface area contributed by atoms with Crippen LogP contribution < -0.4 is 5.73 Å². The molecule has 2 aromatic heterocycles. The van der Waals surface area contributed by atoms with E-state index in [1.807, 2.05) is 42.3 Å². The number of fused-ring (bicyclic) bond motifs is 1. The molecule has 2 heterocycles. The Bertz CT molecular complexity index is 751. The summed E-state index contributed by atoms with van der Waals surface area (Å²) in [7, 11) is 1.89. The molecule has 0 saturated carbocycles. The maximum Gasteiger partial charge on any atom is 0.224 e. The molecule has 0 unspecified atom stereocenters. The second kappa shape index (κ2) is 4.51. The molecule has 0 spiro atoms. The Labute approximate surface area is 114 Å². The number of rotatable bonds is 2. The molecule has 0 saturated heterocycles. The van der Waals surface area contributed by atoms with Gasteiger partial charge in [-0.1, -0.05) is 30.0 Å². The van der Waals surface area contributed by atoms with Crippen LogP contribution in [0.5, 0.6) is 0 Å². The van der Waals surface area contributed by atoms with Crippen LogP contribution in [0.4, 0.5) is 5.95 Å². The van der Waals surface area contributed by atoms with E-state index < -0.39 is 0 Å². The summed E-state index contributed by atoms with van der Waals surface area (Å²) in [4.78, 5) is 12.6. The van der Waals surface area contributed by atoms with E-state index in [2.05, 4.69) is 20.1 Å². The van der Waals surface area contributed by atoms with Crippen molar-refractivity contribution in [2.45, 2.75) is 5.16 Å². The number of nitrogens with two attached hydrogens (primary N) is 1. The van der Waals surface area contributed by atoms with Crippen LogP contribution in [0, 0.1) is 0 Å². The van der Waals surface area contributed by atoms with Gasteiger partial charge in [0.15, 0.2) is 11.0 Å². The Balaban J connectivity index is 2.27. The summed E-state index contributed by atoms with van der Waals surface area (Å²) >= 11 is 1.43. The van der Waals surface area contributed by atoms with E-state index >= 15 is 0 Å². The molecule has 0 aliphatic carbocycles. The van der Waals surface area contributed by atoms with E-state index in [4.69, 9.17) is 5.73 Å².